The standard InChI is InChI=1S/C12H15FO2/c1-8(2)7-10(14)12-9(13)5-4-6-11(12)15-3/h4-7,10,14H,1-3H3. The van der Waals surface area contributed by atoms with Crippen LogP contribution < -0.4 is 4.74 Å². The van der Waals surface area contributed by atoms with E-state index in [9.17, 15) is 9.50 Å². The van der Waals surface area contributed by atoms with Crippen LogP contribution in [0.1, 0.15) is 25.5 Å². The molecule has 1 aromatic carbocycles. The molecular formula is C12H15FO2. The van der Waals surface area contributed by atoms with E-state index in [-0.39, 0.29) is 5.56 Å². The first kappa shape index (κ1) is 11.7. The van der Waals surface area contributed by atoms with Crippen molar-refractivity contribution in [2.75, 3.05) is 7.11 Å². The summed E-state index contributed by atoms with van der Waals surface area (Å²) in [4.78, 5) is 0. The zero-order chi connectivity index (χ0) is 11.4. The van der Waals surface area contributed by atoms with Gasteiger partial charge in [0, 0.05) is 0 Å². The highest BCUT2D eigenvalue weighted by molar-refractivity contribution is 5.38. The number of methoxy groups -OCH3 is 1. The van der Waals surface area contributed by atoms with Gasteiger partial charge < -0.3 is 9.84 Å². The molecule has 0 saturated carbocycles. The summed E-state index contributed by atoms with van der Waals surface area (Å²) in [6.07, 6.45) is 0.618. The molecule has 0 aliphatic heterocycles. The first-order chi connectivity index (χ1) is 7.06. The molecule has 0 bridgehead atoms. The number of rotatable bonds is 3. The van der Waals surface area contributed by atoms with Crippen molar-refractivity contribution in [1.82, 2.24) is 0 Å². The van der Waals surface area contributed by atoms with Crippen LogP contribution in [0.2, 0.25) is 0 Å². The van der Waals surface area contributed by atoms with E-state index < -0.39 is 11.9 Å². The van der Waals surface area contributed by atoms with Crippen LogP contribution in [0.3, 0.4) is 0 Å². The van der Waals surface area contributed by atoms with Gasteiger partial charge in [0.25, 0.3) is 0 Å². The number of hydrogen-bond acceptors (Lipinski definition) is 2. The topological polar surface area (TPSA) is 29.5 Å². The van der Waals surface area contributed by atoms with E-state index in [0.717, 1.165) is 5.57 Å². The predicted molar refractivity (Wildman–Crippen MR) is 57.3 cm³/mol. The Kier molecular flexibility index (Phi) is 3.86. The normalized spacial score (nSPS) is 12.1. The molecule has 1 atom stereocenters. The van der Waals surface area contributed by atoms with Gasteiger partial charge in [-0.25, -0.2) is 4.39 Å². The second kappa shape index (κ2) is 4.94. The molecule has 1 aromatic rings. The highest BCUT2D eigenvalue weighted by atomic mass is 19.1. The summed E-state index contributed by atoms with van der Waals surface area (Å²) in [6, 6.07) is 4.48. The molecular weight excluding hydrogens is 195 g/mol. The van der Waals surface area contributed by atoms with Crippen LogP contribution in [0.4, 0.5) is 4.39 Å². The molecule has 0 aliphatic rings. The Labute approximate surface area is 89.0 Å². The van der Waals surface area contributed by atoms with Crippen molar-refractivity contribution in [3.63, 3.8) is 0 Å². The molecule has 0 radical (unpaired) electrons. The summed E-state index contributed by atoms with van der Waals surface area (Å²) < 4.78 is 18.5. The molecule has 82 valence electrons. The number of benzene rings is 1. The minimum Gasteiger partial charge on any atom is -0.496 e. The SMILES string of the molecule is COc1cccc(F)c1C(O)C=C(C)C. The summed E-state index contributed by atoms with van der Waals surface area (Å²) in [5.41, 5.74) is 1.11. The van der Waals surface area contributed by atoms with Crippen molar-refractivity contribution in [3.8, 4) is 5.75 Å². The summed E-state index contributed by atoms with van der Waals surface area (Å²) in [7, 11) is 1.45. The van der Waals surface area contributed by atoms with Gasteiger partial charge in [0.15, 0.2) is 0 Å². The Bertz CT molecular complexity index is 368. The van der Waals surface area contributed by atoms with Crippen molar-refractivity contribution in [3.05, 3.63) is 41.2 Å². The third kappa shape index (κ3) is 2.80. The number of halogens is 1. The molecule has 0 aliphatic carbocycles. The van der Waals surface area contributed by atoms with Gasteiger partial charge in [-0.05, 0) is 26.0 Å². The third-order valence-corrected chi connectivity index (χ3v) is 2.02. The van der Waals surface area contributed by atoms with Crippen LogP contribution in [0.25, 0.3) is 0 Å². The van der Waals surface area contributed by atoms with Crippen molar-refractivity contribution >= 4 is 0 Å². The quantitative estimate of drug-likeness (QED) is 0.777. The van der Waals surface area contributed by atoms with Crippen LogP contribution in [0.15, 0.2) is 29.8 Å². The highest BCUT2D eigenvalue weighted by Crippen LogP contribution is 2.29. The molecule has 0 aromatic heterocycles. The molecule has 0 saturated heterocycles. The average Bonchev–Trinajstić information content (AvgIpc) is 2.15. The fourth-order valence-corrected chi connectivity index (χ4v) is 1.38. The van der Waals surface area contributed by atoms with E-state index in [1.54, 1.807) is 18.2 Å². The molecule has 0 spiro atoms. The summed E-state index contributed by atoms with van der Waals surface area (Å²) in [5.74, 6) is -0.0978. The molecule has 15 heavy (non-hydrogen) atoms. The summed E-state index contributed by atoms with van der Waals surface area (Å²) in [5, 5.41) is 9.79. The fourth-order valence-electron chi connectivity index (χ4n) is 1.38. The van der Waals surface area contributed by atoms with Gasteiger partial charge in [-0.2, -0.15) is 0 Å². The maximum atomic E-state index is 13.5. The van der Waals surface area contributed by atoms with Gasteiger partial charge in [0.05, 0.1) is 12.7 Å². The number of allylic oxidation sites excluding steroid dienone is 1. The van der Waals surface area contributed by atoms with E-state index >= 15 is 0 Å². The average molecular weight is 210 g/mol. The van der Waals surface area contributed by atoms with E-state index in [0.29, 0.717) is 5.75 Å². The lowest BCUT2D eigenvalue weighted by Gasteiger charge is -2.12. The van der Waals surface area contributed by atoms with Crippen molar-refractivity contribution in [1.29, 1.82) is 0 Å². The smallest absolute Gasteiger partial charge is 0.133 e. The second-order valence-corrected chi connectivity index (χ2v) is 3.54. The van der Waals surface area contributed by atoms with E-state index in [4.69, 9.17) is 4.74 Å². The van der Waals surface area contributed by atoms with E-state index in [1.165, 1.54) is 13.2 Å². The van der Waals surface area contributed by atoms with Crippen LogP contribution in [0.5, 0.6) is 5.75 Å². The van der Waals surface area contributed by atoms with Crippen molar-refractivity contribution in [2.24, 2.45) is 0 Å². The Morgan fingerprint density at radius 3 is 2.67 bits per heavy atom. The third-order valence-electron chi connectivity index (χ3n) is 2.02. The maximum Gasteiger partial charge on any atom is 0.133 e. The Balaban J connectivity index is 3.17. The summed E-state index contributed by atoms with van der Waals surface area (Å²) >= 11 is 0. The molecule has 1 unspecified atom stereocenters. The Hall–Kier alpha value is -1.35. The molecule has 2 nitrogen and oxygen atoms in total. The Morgan fingerprint density at radius 2 is 2.13 bits per heavy atom. The second-order valence-electron chi connectivity index (χ2n) is 3.54. The zero-order valence-electron chi connectivity index (χ0n) is 9.12. The van der Waals surface area contributed by atoms with Crippen molar-refractivity contribution < 1.29 is 14.2 Å². The highest BCUT2D eigenvalue weighted by Gasteiger charge is 2.15. The van der Waals surface area contributed by atoms with Crippen LogP contribution in [0, 0.1) is 5.82 Å². The molecule has 1 N–H and O–H groups in total. The number of aliphatic hydroxyl groups is 1. The van der Waals surface area contributed by atoms with Crippen LogP contribution in [-0.4, -0.2) is 12.2 Å². The van der Waals surface area contributed by atoms with Gasteiger partial charge in [-0.3, -0.25) is 0 Å². The van der Waals surface area contributed by atoms with E-state index in [2.05, 4.69) is 0 Å². The van der Waals surface area contributed by atoms with Crippen molar-refractivity contribution in [2.45, 2.75) is 20.0 Å². The van der Waals surface area contributed by atoms with Gasteiger partial charge >= 0.3 is 0 Å². The lowest BCUT2D eigenvalue weighted by Crippen LogP contribution is -2.01. The van der Waals surface area contributed by atoms with Crippen LogP contribution in [-0.2, 0) is 0 Å². The molecule has 0 fully saturated rings. The van der Waals surface area contributed by atoms with Gasteiger partial charge in [-0.15, -0.1) is 0 Å². The Morgan fingerprint density at radius 1 is 1.47 bits per heavy atom. The van der Waals surface area contributed by atoms with Crippen LogP contribution >= 0.6 is 0 Å². The van der Waals surface area contributed by atoms with E-state index in [1.807, 2.05) is 13.8 Å². The maximum absolute atomic E-state index is 13.5. The first-order valence-corrected chi connectivity index (χ1v) is 4.71. The monoisotopic (exact) mass is 210 g/mol. The largest absolute Gasteiger partial charge is 0.496 e. The van der Waals surface area contributed by atoms with Gasteiger partial charge in [0.2, 0.25) is 0 Å². The molecule has 3 heteroatoms. The summed E-state index contributed by atoms with van der Waals surface area (Å²) in [6.45, 7) is 3.69. The number of hydrogen-bond donors (Lipinski definition) is 1. The fraction of sp³-hybridized carbons (Fsp3) is 0.333. The zero-order valence-corrected chi connectivity index (χ0v) is 9.12. The minimum atomic E-state index is -0.967. The van der Waals surface area contributed by atoms with Gasteiger partial charge in [0.1, 0.15) is 17.7 Å². The lowest BCUT2D eigenvalue weighted by molar-refractivity contribution is 0.216. The number of aliphatic hydroxyl groups excluding tert-OH is 1. The molecule has 1 rings (SSSR count). The molecule has 0 heterocycles. The lowest BCUT2D eigenvalue weighted by atomic mass is 10.1. The minimum absolute atomic E-state index is 0.182. The predicted octanol–water partition coefficient (Wildman–Crippen LogP) is 2.83. The van der Waals surface area contributed by atoms with Gasteiger partial charge in [-0.1, -0.05) is 17.7 Å². The first-order valence-electron chi connectivity index (χ1n) is 4.71. The number of ether oxygens (including phenoxy) is 1. The molecule has 0 amide bonds.